The van der Waals surface area contributed by atoms with Gasteiger partial charge in [0.2, 0.25) is 11.7 Å². The van der Waals surface area contributed by atoms with Crippen LogP contribution in [0.25, 0.3) is 0 Å². The molecule has 9 heteroatoms. The van der Waals surface area contributed by atoms with Crippen LogP contribution in [0.2, 0.25) is 0 Å². The van der Waals surface area contributed by atoms with E-state index >= 15 is 0 Å². The average Bonchev–Trinajstić information content (AvgIpc) is 3.12. The van der Waals surface area contributed by atoms with Gasteiger partial charge < -0.3 is 15.8 Å². The van der Waals surface area contributed by atoms with Crippen LogP contribution in [0.3, 0.4) is 0 Å². The van der Waals surface area contributed by atoms with Crippen molar-refractivity contribution in [3.05, 3.63) is 33.7 Å². The predicted octanol–water partition coefficient (Wildman–Crippen LogP) is 1.09. The van der Waals surface area contributed by atoms with Gasteiger partial charge in [-0.2, -0.15) is 5.26 Å². The molecule has 0 saturated heterocycles. The second-order valence-electron chi connectivity index (χ2n) is 5.25. The van der Waals surface area contributed by atoms with Crippen LogP contribution in [-0.2, 0) is 19.1 Å². The number of amides is 1. The third-order valence-electron chi connectivity index (χ3n) is 3.18. The summed E-state index contributed by atoms with van der Waals surface area (Å²) in [5.41, 5.74) is 5.18. The van der Waals surface area contributed by atoms with Crippen LogP contribution >= 0.6 is 11.3 Å². The Morgan fingerprint density at radius 3 is 2.58 bits per heavy atom. The number of hydrogen-bond donors (Lipinski definition) is 2. The third kappa shape index (κ3) is 7.27. The number of ether oxygens (including phenoxy) is 1. The van der Waals surface area contributed by atoms with Crippen molar-refractivity contribution in [3.8, 4) is 6.07 Å². The molecular formula is C17H19N3O5S. The zero-order valence-electron chi connectivity index (χ0n) is 14.2. The molecule has 0 saturated carbocycles. The molecule has 0 aliphatic heterocycles. The van der Waals surface area contributed by atoms with Crippen molar-refractivity contribution < 1.29 is 23.9 Å². The van der Waals surface area contributed by atoms with Gasteiger partial charge in [-0.3, -0.25) is 19.2 Å². The van der Waals surface area contributed by atoms with E-state index in [1.54, 1.807) is 23.6 Å². The van der Waals surface area contributed by atoms with Crippen LogP contribution in [0.15, 0.2) is 28.8 Å². The quantitative estimate of drug-likeness (QED) is 0.269. The number of ketones is 2. The summed E-state index contributed by atoms with van der Waals surface area (Å²) >= 11 is 1.32. The van der Waals surface area contributed by atoms with Gasteiger partial charge in [0.25, 0.3) is 0 Å². The molecule has 0 bridgehead atoms. The monoisotopic (exact) mass is 377 g/mol. The number of rotatable bonds is 10. The summed E-state index contributed by atoms with van der Waals surface area (Å²) in [4.78, 5) is 47.1. The largest absolute Gasteiger partial charge is 0.457 e. The van der Waals surface area contributed by atoms with Crippen molar-refractivity contribution in [2.24, 2.45) is 5.73 Å². The van der Waals surface area contributed by atoms with Gasteiger partial charge >= 0.3 is 5.97 Å². The molecule has 138 valence electrons. The number of nitrogens with one attached hydrogen (secondary N) is 1. The zero-order valence-corrected chi connectivity index (χ0v) is 15.1. The Labute approximate surface area is 154 Å². The Kier molecular flexibility index (Phi) is 8.74. The van der Waals surface area contributed by atoms with E-state index in [2.05, 4.69) is 5.32 Å². The predicted molar refractivity (Wildman–Crippen MR) is 94.0 cm³/mol. The molecule has 1 aromatic rings. The van der Waals surface area contributed by atoms with E-state index in [0.29, 0.717) is 4.88 Å². The highest BCUT2D eigenvalue weighted by Crippen LogP contribution is 2.12. The SMILES string of the molecule is C/C(N)=C(/C#N)C(=O)COC(=O)CCNC(=O)CCC(=O)c1cccs1. The highest BCUT2D eigenvalue weighted by Gasteiger charge is 2.15. The molecule has 0 aliphatic rings. The zero-order chi connectivity index (χ0) is 19.5. The Morgan fingerprint density at radius 1 is 1.27 bits per heavy atom. The van der Waals surface area contributed by atoms with Gasteiger partial charge in [-0.25, -0.2) is 0 Å². The van der Waals surface area contributed by atoms with Crippen LogP contribution < -0.4 is 11.1 Å². The van der Waals surface area contributed by atoms with Crippen LogP contribution in [0, 0.1) is 11.3 Å². The first-order valence-corrected chi connectivity index (χ1v) is 8.61. The number of nitrogens with zero attached hydrogens (tertiary/aromatic N) is 1. The number of hydrogen-bond acceptors (Lipinski definition) is 8. The minimum absolute atomic E-state index is 0.0237. The Bertz CT molecular complexity index is 743. The van der Waals surface area contributed by atoms with Crippen LogP contribution in [0.5, 0.6) is 0 Å². The number of nitriles is 1. The van der Waals surface area contributed by atoms with Gasteiger partial charge in [-0.1, -0.05) is 6.07 Å². The molecule has 1 amide bonds. The molecule has 1 rings (SSSR count). The Balaban J connectivity index is 2.22. The van der Waals surface area contributed by atoms with Gasteiger partial charge in [0, 0.05) is 25.1 Å². The van der Waals surface area contributed by atoms with Gasteiger partial charge in [-0.15, -0.1) is 11.3 Å². The Hall–Kier alpha value is -2.99. The fourth-order valence-corrected chi connectivity index (χ4v) is 2.54. The summed E-state index contributed by atoms with van der Waals surface area (Å²) in [5.74, 6) is -1.84. The van der Waals surface area contributed by atoms with E-state index in [4.69, 9.17) is 15.7 Å². The van der Waals surface area contributed by atoms with E-state index in [1.807, 2.05) is 0 Å². The van der Waals surface area contributed by atoms with E-state index in [1.165, 1.54) is 18.3 Å². The number of carbonyl (C=O) groups excluding carboxylic acids is 4. The number of carbonyl (C=O) groups is 4. The number of Topliss-reactive ketones (excluding diaryl/α,β-unsaturated/α-hetero) is 2. The van der Waals surface area contributed by atoms with E-state index in [-0.39, 0.29) is 48.8 Å². The lowest BCUT2D eigenvalue weighted by atomic mass is 10.1. The van der Waals surface area contributed by atoms with Crippen LogP contribution in [0.4, 0.5) is 0 Å². The molecule has 0 unspecified atom stereocenters. The fourth-order valence-electron chi connectivity index (χ4n) is 1.84. The molecule has 0 aromatic carbocycles. The summed E-state index contributed by atoms with van der Waals surface area (Å²) in [7, 11) is 0. The van der Waals surface area contributed by atoms with Crippen LogP contribution in [-0.4, -0.2) is 36.6 Å². The van der Waals surface area contributed by atoms with Crippen molar-refractivity contribution in [2.45, 2.75) is 26.2 Å². The smallest absolute Gasteiger partial charge is 0.308 e. The highest BCUT2D eigenvalue weighted by molar-refractivity contribution is 7.12. The first-order valence-electron chi connectivity index (χ1n) is 7.73. The number of allylic oxidation sites excluding steroid dienone is 1. The molecule has 0 spiro atoms. The maximum Gasteiger partial charge on any atom is 0.308 e. The molecule has 26 heavy (non-hydrogen) atoms. The molecule has 0 aliphatic carbocycles. The van der Waals surface area contributed by atoms with Crippen molar-refractivity contribution in [3.63, 3.8) is 0 Å². The van der Waals surface area contributed by atoms with Crippen molar-refractivity contribution in [1.29, 1.82) is 5.26 Å². The minimum Gasteiger partial charge on any atom is -0.457 e. The average molecular weight is 377 g/mol. The summed E-state index contributed by atoms with van der Waals surface area (Å²) < 4.78 is 4.73. The summed E-state index contributed by atoms with van der Waals surface area (Å²) in [6, 6.07) is 5.10. The molecule has 0 fully saturated rings. The number of nitrogens with two attached hydrogens (primary N) is 1. The standard InChI is InChI=1S/C17H19N3O5S/c1-11(19)12(9-18)14(22)10-25-17(24)6-7-20-16(23)5-4-13(21)15-3-2-8-26-15/h2-3,8H,4-7,10,19H2,1H3,(H,20,23)/b12-11+. The van der Waals surface area contributed by atoms with E-state index in [0.717, 1.165) is 0 Å². The summed E-state index contributed by atoms with van der Waals surface area (Å²) in [6.07, 6.45) is -0.0194. The molecular weight excluding hydrogens is 358 g/mol. The van der Waals surface area contributed by atoms with E-state index < -0.39 is 18.4 Å². The lowest BCUT2D eigenvalue weighted by Crippen LogP contribution is -2.27. The maximum absolute atomic E-state index is 11.8. The molecule has 1 heterocycles. The molecule has 1 aromatic heterocycles. The van der Waals surface area contributed by atoms with Gasteiger partial charge in [0.1, 0.15) is 11.6 Å². The van der Waals surface area contributed by atoms with Crippen molar-refractivity contribution in [1.82, 2.24) is 5.32 Å². The van der Waals surface area contributed by atoms with Crippen molar-refractivity contribution >= 4 is 34.8 Å². The number of thiophene rings is 1. The summed E-state index contributed by atoms with van der Waals surface area (Å²) in [5, 5.41) is 13.0. The van der Waals surface area contributed by atoms with Crippen LogP contribution in [0.1, 0.15) is 35.9 Å². The first-order chi connectivity index (χ1) is 12.3. The maximum atomic E-state index is 11.8. The molecule has 3 N–H and O–H groups in total. The summed E-state index contributed by atoms with van der Waals surface area (Å²) in [6.45, 7) is 0.840. The fraction of sp³-hybridized carbons (Fsp3) is 0.353. The Morgan fingerprint density at radius 2 is 2.00 bits per heavy atom. The second-order valence-corrected chi connectivity index (χ2v) is 6.20. The van der Waals surface area contributed by atoms with Gasteiger partial charge in [0.05, 0.1) is 11.3 Å². The van der Waals surface area contributed by atoms with Gasteiger partial charge in [-0.05, 0) is 18.4 Å². The topological polar surface area (TPSA) is 139 Å². The van der Waals surface area contributed by atoms with Gasteiger partial charge in [0.15, 0.2) is 12.4 Å². The molecule has 0 atom stereocenters. The molecule has 8 nitrogen and oxygen atoms in total. The van der Waals surface area contributed by atoms with E-state index in [9.17, 15) is 19.2 Å². The highest BCUT2D eigenvalue weighted by atomic mass is 32.1. The normalized spacial score (nSPS) is 11.1. The second kappa shape index (κ2) is 10.8. The lowest BCUT2D eigenvalue weighted by Gasteiger charge is -2.06. The first kappa shape index (κ1) is 21.1. The lowest BCUT2D eigenvalue weighted by molar-refractivity contribution is -0.147. The van der Waals surface area contributed by atoms with Crippen molar-refractivity contribution in [2.75, 3.05) is 13.2 Å². The minimum atomic E-state index is -0.694. The molecule has 0 radical (unpaired) electrons. The third-order valence-corrected chi connectivity index (χ3v) is 4.09. The number of esters is 1.